The van der Waals surface area contributed by atoms with Crippen LogP contribution in [0.25, 0.3) is 0 Å². The zero-order chi connectivity index (χ0) is 48.2. The average molecular weight is 937 g/mol. The lowest BCUT2D eigenvalue weighted by atomic mass is 9.98. The van der Waals surface area contributed by atoms with Crippen molar-refractivity contribution in [2.45, 2.75) is 210 Å². The second-order valence-corrected chi connectivity index (χ2v) is 16.9. The minimum absolute atomic E-state index is 0.0803. The predicted molar refractivity (Wildman–Crippen MR) is 252 cm³/mol. The van der Waals surface area contributed by atoms with Crippen LogP contribution >= 0.6 is 0 Å². The molecule has 11 atom stereocenters. The first-order chi connectivity index (χ1) is 32.0. The third-order valence-electron chi connectivity index (χ3n) is 11.2. The van der Waals surface area contributed by atoms with Gasteiger partial charge in [-0.2, -0.15) is 0 Å². The van der Waals surface area contributed by atoms with Crippen LogP contribution in [-0.4, -0.2) is 142 Å². The van der Waals surface area contributed by atoms with Gasteiger partial charge < -0.3 is 64.2 Å². The number of esters is 2. The van der Waals surface area contributed by atoms with Gasteiger partial charge in [-0.15, -0.1) is 0 Å². The van der Waals surface area contributed by atoms with Gasteiger partial charge in [-0.25, -0.2) is 0 Å². The molecule has 15 nitrogen and oxygen atoms in total. The fourth-order valence-electron chi connectivity index (χ4n) is 7.13. The van der Waals surface area contributed by atoms with Gasteiger partial charge in [-0.1, -0.05) is 125 Å². The molecule has 4 unspecified atom stereocenters. The first kappa shape index (κ1) is 59.1. The van der Waals surface area contributed by atoms with Gasteiger partial charge in [0, 0.05) is 12.8 Å². The summed E-state index contributed by atoms with van der Waals surface area (Å²) in [6, 6.07) is 0. The molecule has 2 saturated heterocycles. The molecule has 2 rings (SSSR count). The van der Waals surface area contributed by atoms with Gasteiger partial charge in [0.25, 0.3) is 0 Å². The van der Waals surface area contributed by atoms with Crippen LogP contribution in [0.15, 0.2) is 72.9 Å². The summed E-state index contributed by atoms with van der Waals surface area (Å²) in [6.45, 7) is 2.36. The molecule has 0 aromatic heterocycles. The number of carbonyl (C=O) groups excluding carboxylic acids is 2. The van der Waals surface area contributed by atoms with Gasteiger partial charge in [0.2, 0.25) is 0 Å². The number of aliphatic hydroxyl groups is 7. The number of hydrogen-bond acceptors (Lipinski definition) is 15. The van der Waals surface area contributed by atoms with Crippen LogP contribution in [0.3, 0.4) is 0 Å². The van der Waals surface area contributed by atoms with Gasteiger partial charge in [0.1, 0.15) is 55.4 Å². The van der Waals surface area contributed by atoms with E-state index in [2.05, 4.69) is 74.6 Å². The van der Waals surface area contributed by atoms with E-state index in [1.54, 1.807) is 0 Å². The lowest BCUT2D eigenvalue weighted by Crippen LogP contribution is -2.61. The number of aliphatic hydroxyl groups excluding tert-OH is 7. The van der Waals surface area contributed by atoms with Crippen molar-refractivity contribution in [3.05, 3.63) is 72.9 Å². The van der Waals surface area contributed by atoms with Gasteiger partial charge in [0.15, 0.2) is 18.7 Å². The van der Waals surface area contributed by atoms with Gasteiger partial charge in [-0.3, -0.25) is 9.59 Å². The minimum atomic E-state index is -1.78. The molecule has 2 aliphatic heterocycles. The number of carbonyl (C=O) groups is 2. The Balaban J connectivity index is 1.87. The van der Waals surface area contributed by atoms with Crippen LogP contribution in [0.1, 0.15) is 142 Å². The molecule has 0 radical (unpaired) electrons. The van der Waals surface area contributed by atoms with Crippen molar-refractivity contribution in [3.8, 4) is 0 Å². The number of allylic oxidation sites excluding steroid dienone is 12. The second-order valence-electron chi connectivity index (χ2n) is 16.9. The van der Waals surface area contributed by atoms with E-state index >= 15 is 0 Å². The van der Waals surface area contributed by atoms with E-state index < -0.39 is 99.3 Å². The Labute approximate surface area is 393 Å². The average Bonchev–Trinajstić information content (AvgIpc) is 3.31. The van der Waals surface area contributed by atoms with Crippen molar-refractivity contribution < 1.29 is 73.8 Å². The van der Waals surface area contributed by atoms with Crippen LogP contribution in [0.2, 0.25) is 0 Å². The number of hydrogen-bond donors (Lipinski definition) is 7. The monoisotopic (exact) mass is 937 g/mol. The SMILES string of the molecule is CC/C=C/C/C=C/C/C=C/C/C=C/C/C=C/CCCC(=O)O[C@H](COC(=O)CCCCC/C=C/CCCCCCCC)CO[C@H]1O[C@@H](CO[C@H]2O[C@@H](CO)[C@@H](O)C(O)C2O)[C@@H](O)C(O)C1O. The van der Waals surface area contributed by atoms with Crippen LogP contribution in [-0.2, 0) is 38.0 Å². The Morgan fingerprint density at radius 3 is 1.56 bits per heavy atom. The second kappa shape index (κ2) is 37.9. The van der Waals surface area contributed by atoms with Crippen LogP contribution in [0.5, 0.6) is 0 Å². The molecular weight excluding hydrogens is 853 g/mol. The summed E-state index contributed by atoms with van der Waals surface area (Å²) < 4.78 is 33.4. The van der Waals surface area contributed by atoms with E-state index in [1.165, 1.54) is 38.5 Å². The normalized spacial score (nSPS) is 26.8. The summed E-state index contributed by atoms with van der Waals surface area (Å²) in [6.07, 6.45) is 26.6. The summed E-state index contributed by atoms with van der Waals surface area (Å²) >= 11 is 0. The van der Waals surface area contributed by atoms with E-state index in [-0.39, 0.29) is 19.4 Å². The summed E-state index contributed by atoms with van der Waals surface area (Å²) in [4.78, 5) is 25.7. The lowest BCUT2D eigenvalue weighted by molar-refractivity contribution is -0.332. The number of rotatable bonds is 36. The molecule has 2 aliphatic rings. The standard InChI is InChI=1S/C51H84O15/c1-3-5-7-9-11-13-15-17-18-19-20-22-24-26-28-30-32-34-43(54)64-39(36-61-42(53)33-31-29-27-25-23-21-16-14-12-10-8-6-4-2)37-62-50-49(60)47(58)45(56)41(66-50)38-63-51-48(59)46(57)44(55)40(35-52)65-51/h5,7,11,13,17-18,20-23,26,28,39-41,44-52,55-60H,3-4,6,8-10,12,14-16,19,24-25,27,29-38H2,1-2H3/b7-5+,13-11+,18-17+,22-20+,23-21+,28-26+/t39-,40+,41+,44-,45-,46?,47?,48?,49?,50+,51+/m1/s1. The zero-order valence-corrected chi connectivity index (χ0v) is 39.6. The molecule has 0 saturated carbocycles. The Bertz CT molecular complexity index is 1430. The van der Waals surface area contributed by atoms with E-state index in [0.717, 1.165) is 57.8 Å². The third-order valence-corrected chi connectivity index (χ3v) is 11.2. The largest absolute Gasteiger partial charge is 0.462 e. The quantitative estimate of drug-likeness (QED) is 0.0209. The highest BCUT2D eigenvalue weighted by atomic mass is 16.7. The minimum Gasteiger partial charge on any atom is -0.462 e. The van der Waals surface area contributed by atoms with Crippen molar-refractivity contribution in [3.63, 3.8) is 0 Å². The Hall–Kier alpha value is -3.06. The highest BCUT2D eigenvalue weighted by Gasteiger charge is 2.47. The van der Waals surface area contributed by atoms with Gasteiger partial charge in [-0.05, 0) is 77.0 Å². The molecule has 378 valence electrons. The van der Waals surface area contributed by atoms with Gasteiger partial charge >= 0.3 is 11.9 Å². The van der Waals surface area contributed by atoms with Crippen molar-refractivity contribution in [2.24, 2.45) is 0 Å². The fraction of sp³-hybridized carbons (Fsp3) is 0.725. The molecule has 0 aliphatic carbocycles. The first-order valence-electron chi connectivity index (χ1n) is 24.5. The van der Waals surface area contributed by atoms with E-state index in [0.29, 0.717) is 19.3 Å². The summed E-state index contributed by atoms with van der Waals surface area (Å²) in [7, 11) is 0. The Kier molecular flexibility index (Phi) is 33.9. The molecule has 0 spiro atoms. The Morgan fingerprint density at radius 1 is 0.500 bits per heavy atom. The maximum Gasteiger partial charge on any atom is 0.306 e. The highest BCUT2D eigenvalue weighted by molar-refractivity contribution is 5.70. The molecule has 2 heterocycles. The third kappa shape index (κ3) is 25.9. The Morgan fingerprint density at radius 2 is 0.970 bits per heavy atom. The molecule has 15 heteroatoms. The smallest absolute Gasteiger partial charge is 0.306 e. The molecular formula is C51H84O15. The van der Waals surface area contributed by atoms with Crippen molar-refractivity contribution >= 4 is 11.9 Å². The number of ether oxygens (including phenoxy) is 6. The topological polar surface area (TPSA) is 231 Å². The van der Waals surface area contributed by atoms with Crippen molar-refractivity contribution in [1.29, 1.82) is 0 Å². The van der Waals surface area contributed by atoms with Gasteiger partial charge in [0.05, 0.1) is 19.8 Å². The molecule has 0 aromatic carbocycles. The maximum absolute atomic E-state index is 13.0. The van der Waals surface area contributed by atoms with E-state index in [4.69, 9.17) is 28.4 Å². The molecule has 0 aromatic rings. The van der Waals surface area contributed by atoms with Crippen molar-refractivity contribution in [1.82, 2.24) is 0 Å². The van der Waals surface area contributed by atoms with E-state index in [1.807, 2.05) is 12.2 Å². The fourth-order valence-corrected chi connectivity index (χ4v) is 7.13. The van der Waals surface area contributed by atoms with Crippen LogP contribution < -0.4 is 0 Å². The summed E-state index contributed by atoms with van der Waals surface area (Å²) in [5.41, 5.74) is 0. The van der Waals surface area contributed by atoms with E-state index in [9.17, 15) is 45.3 Å². The van der Waals surface area contributed by atoms with Crippen molar-refractivity contribution in [2.75, 3.05) is 26.4 Å². The molecule has 0 bridgehead atoms. The van der Waals surface area contributed by atoms with Crippen LogP contribution in [0.4, 0.5) is 0 Å². The number of unbranched alkanes of at least 4 members (excludes halogenated alkanes) is 10. The molecule has 7 N–H and O–H groups in total. The molecule has 2 fully saturated rings. The zero-order valence-electron chi connectivity index (χ0n) is 39.6. The molecule has 66 heavy (non-hydrogen) atoms. The van der Waals surface area contributed by atoms with Crippen LogP contribution in [0, 0.1) is 0 Å². The molecule has 0 amide bonds. The maximum atomic E-state index is 13.0. The highest BCUT2D eigenvalue weighted by Crippen LogP contribution is 2.26. The summed E-state index contributed by atoms with van der Waals surface area (Å²) in [5, 5.41) is 72.0. The predicted octanol–water partition coefficient (Wildman–Crippen LogP) is 6.26. The lowest BCUT2D eigenvalue weighted by Gasteiger charge is -2.42. The summed E-state index contributed by atoms with van der Waals surface area (Å²) in [5.74, 6) is -1.02. The first-order valence-corrected chi connectivity index (χ1v) is 24.5.